The lowest BCUT2D eigenvalue weighted by Gasteiger charge is -2.43. The summed E-state index contributed by atoms with van der Waals surface area (Å²) in [6, 6.07) is -0.570. The first-order valence-corrected chi connectivity index (χ1v) is 11.8. The van der Waals surface area contributed by atoms with Gasteiger partial charge in [-0.1, -0.05) is 13.8 Å². The van der Waals surface area contributed by atoms with Gasteiger partial charge in [0.1, 0.15) is 6.04 Å². The van der Waals surface area contributed by atoms with Gasteiger partial charge >= 0.3 is 0 Å². The SMILES string of the molecule is CC(C)CCN1C[C@@H]2C[C@H](NS(C)(=O)=O)CN2C(=O)[C@@H]1CNC(=O)C1CC1. The van der Waals surface area contributed by atoms with Crippen LogP contribution in [0.1, 0.15) is 39.5 Å². The normalized spacial score (nSPS) is 29.3. The number of carbonyl (C=O) groups is 2. The fraction of sp³-hybridized carbons (Fsp3) is 0.889. The number of fused-ring (bicyclic) bond motifs is 1. The molecule has 8 nitrogen and oxygen atoms in total. The van der Waals surface area contributed by atoms with Gasteiger partial charge in [-0.3, -0.25) is 14.5 Å². The molecule has 1 saturated carbocycles. The van der Waals surface area contributed by atoms with Crippen molar-refractivity contribution < 1.29 is 18.0 Å². The summed E-state index contributed by atoms with van der Waals surface area (Å²) < 4.78 is 25.7. The summed E-state index contributed by atoms with van der Waals surface area (Å²) in [5.41, 5.74) is 0. The molecule has 3 rings (SSSR count). The fourth-order valence-electron chi connectivity index (χ4n) is 4.07. The smallest absolute Gasteiger partial charge is 0.242 e. The Kier molecular flexibility index (Phi) is 6.12. The van der Waals surface area contributed by atoms with Gasteiger partial charge in [-0.25, -0.2) is 13.1 Å². The van der Waals surface area contributed by atoms with Gasteiger partial charge in [0.05, 0.1) is 6.26 Å². The number of amides is 2. The number of nitrogens with zero attached hydrogens (tertiary/aromatic N) is 2. The first-order chi connectivity index (χ1) is 12.6. The maximum absolute atomic E-state index is 13.1. The zero-order valence-corrected chi connectivity index (χ0v) is 17.3. The van der Waals surface area contributed by atoms with Gasteiger partial charge in [-0.05, 0) is 38.1 Å². The third kappa shape index (κ3) is 5.42. The Balaban J connectivity index is 1.67. The third-order valence-corrected chi connectivity index (χ3v) is 6.42. The van der Waals surface area contributed by atoms with Gasteiger partial charge in [0.25, 0.3) is 0 Å². The first kappa shape index (κ1) is 20.5. The van der Waals surface area contributed by atoms with Crippen LogP contribution < -0.4 is 10.0 Å². The molecule has 3 atom stereocenters. The monoisotopic (exact) mass is 400 g/mol. The second-order valence-corrected chi connectivity index (χ2v) is 10.5. The van der Waals surface area contributed by atoms with Crippen LogP contribution in [0.3, 0.4) is 0 Å². The Morgan fingerprint density at radius 1 is 1.26 bits per heavy atom. The topological polar surface area (TPSA) is 98.8 Å². The van der Waals surface area contributed by atoms with Crippen LogP contribution in [0.5, 0.6) is 0 Å². The van der Waals surface area contributed by atoms with Gasteiger partial charge < -0.3 is 10.2 Å². The summed E-state index contributed by atoms with van der Waals surface area (Å²) in [5.74, 6) is 0.703. The lowest BCUT2D eigenvalue weighted by molar-refractivity contribution is -0.144. The van der Waals surface area contributed by atoms with E-state index in [1.807, 2.05) is 4.90 Å². The number of sulfonamides is 1. The molecule has 9 heteroatoms. The van der Waals surface area contributed by atoms with E-state index in [4.69, 9.17) is 0 Å². The molecular formula is C18H32N4O4S. The molecule has 0 spiro atoms. The van der Waals surface area contributed by atoms with E-state index in [-0.39, 0.29) is 35.9 Å². The zero-order chi connectivity index (χ0) is 19.8. The van der Waals surface area contributed by atoms with Gasteiger partial charge in [-0.15, -0.1) is 0 Å². The summed E-state index contributed by atoms with van der Waals surface area (Å²) in [7, 11) is -3.30. The van der Waals surface area contributed by atoms with Crippen LogP contribution in [-0.4, -0.2) is 80.6 Å². The van der Waals surface area contributed by atoms with E-state index in [1.165, 1.54) is 0 Å². The van der Waals surface area contributed by atoms with Crippen LogP contribution in [0.4, 0.5) is 0 Å². The van der Waals surface area contributed by atoms with Crippen molar-refractivity contribution in [2.24, 2.45) is 11.8 Å². The minimum Gasteiger partial charge on any atom is -0.354 e. The van der Waals surface area contributed by atoms with Crippen LogP contribution in [0.25, 0.3) is 0 Å². The van der Waals surface area contributed by atoms with Crippen LogP contribution in [-0.2, 0) is 19.6 Å². The average Bonchev–Trinajstić information content (AvgIpc) is 3.32. The average molecular weight is 401 g/mol. The minimum atomic E-state index is -3.30. The summed E-state index contributed by atoms with van der Waals surface area (Å²) in [6.07, 6.45) is 4.65. The number of piperazine rings is 1. The van der Waals surface area contributed by atoms with Crippen molar-refractivity contribution >= 4 is 21.8 Å². The standard InChI is InChI=1S/C18H32N4O4S/c1-12(2)6-7-21-11-15-8-14(20-27(3,25)26)10-22(15)18(24)16(21)9-19-17(23)13-4-5-13/h12-16,20H,4-11H2,1-3H3,(H,19,23)/t14-,15-,16-/m0/s1. The van der Waals surface area contributed by atoms with Crippen LogP contribution in [0.2, 0.25) is 0 Å². The van der Waals surface area contributed by atoms with Crippen molar-refractivity contribution in [3.05, 3.63) is 0 Å². The minimum absolute atomic E-state index is 0.00361. The predicted octanol–water partition coefficient (Wildman–Crippen LogP) is -0.238. The second-order valence-electron chi connectivity index (χ2n) is 8.68. The van der Waals surface area contributed by atoms with E-state index in [2.05, 4.69) is 28.8 Å². The number of hydrogen-bond acceptors (Lipinski definition) is 5. The number of rotatable bonds is 8. The Bertz CT molecular complexity index is 677. The van der Waals surface area contributed by atoms with E-state index in [1.54, 1.807) is 0 Å². The highest BCUT2D eigenvalue weighted by Gasteiger charge is 2.46. The van der Waals surface area contributed by atoms with E-state index >= 15 is 0 Å². The summed E-state index contributed by atoms with van der Waals surface area (Å²) in [5, 5.41) is 2.95. The molecule has 0 aromatic carbocycles. The molecule has 2 amide bonds. The van der Waals surface area contributed by atoms with Crippen molar-refractivity contribution in [3.8, 4) is 0 Å². The molecule has 0 aromatic heterocycles. The molecule has 3 aliphatic rings. The summed E-state index contributed by atoms with van der Waals surface area (Å²) in [4.78, 5) is 29.1. The highest BCUT2D eigenvalue weighted by Crippen LogP contribution is 2.29. The van der Waals surface area contributed by atoms with Gasteiger partial charge in [-0.2, -0.15) is 0 Å². The summed E-state index contributed by atoms with van der Waals surface area (Å²) in [6.45, 7) is 6.58. The van der Waals surface area contributed by atoms with E-state index in [9.17, 15) is 18.0 Å². The lowest BCUT2D eigenvalue weighted by atomic mass is 10.0. The van der Waals surface area contributed by atoms with Crippen molar-refractivity contribution in [2.45, 2.75) is 57.7 Å². The first-order valence-electron chi connectivity index (χ1n) is 9.93. The summed E-state index contributed by atoms with van der Waals surface area (Å²) >= 11 is 0. The lowest BCUT2D eigenvalue weighted by Crippen LogP contribution is -2.62. The van der Waals surface area contributed by atoms with E-state index in [0.717, 1.165) is 38.6 Å². The van der Waals surface area contributed by atoms with Crippen molar-refractivity contribution in [1.29, 1.82) is 0 Å². The third-order valence-electron chi connectivity index (χ3n) is 5.66. The Morgan fingerprint density at radius 3 is 2.56 bits per heavy atom. The van der Waals surface area contributed by atoms with Crippen LogP contribution in [0.15, 0.2) is 0 Å². The van der Waals surface area contributed by atoms with Crippen LogP contribution in [0, 0.1) is 11.8 Å². The molecule has 1 aliphatic carbocycles. The maximum atomic E-state index is 13.1. The predicted molar refractivity (Wildman–Crippen MR) is 102 cm³/mol. The maximum Gasteiger partial charge on any atom is 0.242 e. The van der Waals surface area contributed by atoms with Crippen molar-refractivity contribution in [1.82, 2.24) is 19.8 Å². The van der Waals surface area contributed by atoms with E-state index in [0.29, 0.717) is 25.4 Å². The van der Waals surface area contributed by atoms with Crippen molar-refractivity contribution in [3.63, 3.8) is 0 Å². The largest absolute Gasteiger partial charge is 0.354 e. The van der Waals surface area contributed by atoms with Gasteiger partial charge in [0.2, 0.25) is 21.8 Å². The molecule has 27 heavy (non-hydrogen) atoms. The molecule has 154 valence electrons. The number of carbonyl (C=O) groups excluding carboxylic acids is 2. The quantitative estimate of drug-likeness (QED) is 0.586. The number of hydrogen-bond donors (Lipinski definition) is 2. The van der Waals surface area contributed by atoms with Crippen molar-refractivity contribution in [2.75, 3.05) is 32.4 Å². The molecule has 2 saturated heterocycles. The van der Waals surface area contributed by atoms with Gasteiger partial charge in [0, 0.05) is 37.6 Å². The second kappa shape index (κ2) is 8.05. The molecule has 0 unspecified atom stereocenters. The zero-order valence-electron chi connectivity index (χ0n) is 16.5. The molecular weight excluding hydrogens is 368 g/mol. The Labute approximate surface area is 162 Å². The Hall–Kier alpha value is -1.19. The molecule has 0 bridgehead atoms. The number of nitrogens with one attached hydrogen (secondary N) is 2. The molecule has 0 radical (unpaired) electrons. The molecule has 3 fully saturated rings. The molecule has 2 N–H and O–H groups in total. The molecule has 0 aromatic rings. The molecule has 2 heterocycles. The van der Waals surface area contributed by atoms with Crippen LogP contribution >= 0.6 is 0 Å². The Morgan fingerprint density at radius 2 is 1.96 bits per heavy atom. The molecule has 2 aliphatic heterocycles. The van der Waals surface area contributed by atoms with E-state index < -0.39 is 10.0 Å². The fourth-order valence-corrected chi connectivity index (χ4v) is 4.84. The van der Waals surface area contributed by atoms with Gasteiger partial charge in [0.15, 0.2) is 0 Å². The highest BCUT2D eigenvalue weighted by molar-refractivity contribution is 7.88. The highest BCUT2D eigenvalue weighted by atomic mass is 32.2.